The lowest BCUT2D eigenvalue weighted by Crippen LogP contribution is -2.30. The first-order chi connectivity index (χ1) is 16.5. The van der Waals surface area contributed by atoms with E-state index in [2.05, 4.69) is 16.0 Å². The van der Waals surface area contributed by atoms with Crippen molar-refractivity contribution in [3.63, 3.8) is 0 Å². The van der Waals surface area contributed by atoms with E-state index < -0.39 is 6.04 Å². The number of carbonyl (C=O) groups is 3. The van der Waals surface area contributed by atoms with Crippen LogP contribution in [0.5, 0.6) is 5.75 Å². The molecule has 0 saturated carbocycles. The molecule has 3 aromatic rings. The number of anilines is 1. The zero-order valence-electron chi connectivity index (χ0n) is 19.3. The molecule has 0 radical (unpaired) electrons. The standard InChI is InChI=1S/C27H29N3O4/c1-19(31)29-25(21-12-14-22(34-2)15-13-21)18-26(32)30-24-11-7-6-10-23(24)27(33)28-17-16-20-8-4-3-5-9-20/h3-15,25H,16-18H2,1-2H3,(H,28,33)(H,29,31)(H,30,32). The van der Waals surface area contributed by atoms with Crippen LogP contribution in [0.2, 0.25) is 0 Å². The predicted octanol–water partition coefficient (Wildman–Crippen LogP) is 3.87. The third-order valence-corrected chi connectivity index (χ3v) is 5.27. The average Bonchev–Trinajstić information content (AvgIpc) is 2.84. The second kappa shape index (κ2) is 12.2. The molecule has 7 heteroatoms. The van der Waals surface area contributed by atoms with E-state index >= 15 is 0 Å². The fourth-order valence-electron chi connectivity index (χ4n) is 3.57. The quantitative estimate of drug-likeness (QED) is 0.429. The second-order valence-corrected chi connectivity index (χ2v) is 7.82. The van der Waals surface area contributed by atoms with Crippen LogP contribution in [-0.4, -0.2) is 31.4 Å². The molecule has 0 saturated heterocycles. The van der Waals surface area contributed by atoms with Crippen molar-refractivity contribution >= 4 is 23.4 Å². The molecule has 0 aromatic heterocycles. The molecule has 0 spiro atoms. The summed E-state index contributed by atoms with van der Waals surface area (Å²) in [5.74, 6) is -0.145. The lowest BCUT2D eigenvalue weighted by Gasteiger charge is -2.19. The van der Waals surface area contributed by atoms with Gasteiger partial charge in [0.1, 0.15) is 5.75 Å². The van der Waals surface area contributed by atoms with Gasteiger partial charge in [-0.05, 0) is 41.8 Å². The average molecular weight is 460 g/mol. The molecule has 0 bridgehead atoms. The maximum atomic E-state index is 12.9. The van der Waals surface area contributed by atoms with Gasteiger partial charge in [0.15, 0.2) is 0 Å². The van der Waals surface area contributed by atoms with E-state index in [9.17, 15) is 14.4 Å². The largest absolute Gasteiger partial charge is 0.497 e. The molecule has 1 atom stereocenters. The number of amides is 3. The smallest absolute Gasteiger partial charge is 0.253 e. The Morgan fingerprint density at radius 2 is 1.56 bits per heavy atom. The molecule has 176 valence electrons. The summed E-state index contributed by atoms with van der Waals surface area (Å²) in [6.45, 7) is 1.89. The fourth-order valence-corrected chi connectivity index (χ4v) is 3.57. The zero-order valence-corrected chi connectivity index (χ0v) is 19.3. The summed E-state index contributed by atoms with van der Waals surface area (Å²) in [6, 6.07) is 23.4. The summed E-state index contributed by atoms with van der Waals surface area (Å²) in [5, 5.41) is 8.54. The van der Waals surface area contributed by atoms with E-state index in [0.717, 1.165) is 11.1 Å². The fraction of sp³-hybridized carbons (Fsp3) is 0.222. The minimum atomic E-state index is -0.518. The molecule has 0 fully saturated rings. The molecule has 3 rings (SSSR count). The summed E-state index contributed by atoms with van der Waals surface area (Å²) >= 11 is 0. The Kier molecular flexibility index (Phi) is 8.80. The number of para-hydroxylation sites is 1. The molecular formula is C27H29N3O4. The van der Waals surface area contributed by atoms with Gasteiger partial charge in [-0.15, -0.1) is 0 Å². The highest BCUT2D eigenvalue weighted by atomic mass is 16.5. The van der Waals surface area contributed by atoms with Crippen LogP contribution in [0.1, 0.15) is 40.9 Å². The Hall–Kier alpha value is -4.13. The van der Waals surface area contributed by atoms with E-state index in [1.807, 2.05) is 30.3 Å². The van der Waals surface area contributed by atoms with Crippen molar-refractivity contribution in [2.24, 2.45) is 0 Å². The van der Waals surface area contributed by atoms with Gasteiger partial charge in [-0.2, -0.15) is 0 Å². The van der Waals surface area contributed by atoms with Gasteiger partial charge in [0.25, 0.3) is 5.91 Å². The van der Waals surface area contributed by atoms with E-state index in [4.69, 9.17) is 4.74 Å². The van der Waals surface area contributed by atoms with Crippen molar-refractivity contribution in [2.45, 2.75) is 25.8 Å². The van der Waals surface area contributed by atoms with Gasteiger partial charge >= 0.3 is 0 Å². The van der Waals surface area contributed by atoms with Crippen LogP contribution in [0.15, 0.2) is 78.9 Å². The van der Waals surface area contributed by atoms with Gasteiger partial charge in [0.05, 0.1) is 30.8 Å². The Labute approximate surface area is 199 Å². The molecule has 34 heavy (non-hydrogen) atoms. The highest BCUT2D eigenvalue weighted by Crippen LogP contribution is 2.22. The number of carbonyl (C=O) groups excluding carboxylic acids is 3. The highest BCUT2D eigenvalue weighted by Gasteiger charge is 2.19. The van der Waals surface area contributed by atoms with Crippen LogP contribution in [0.4, 0.5) is 5.69 Å². The molecule has 7 nitrogen and oxygen atoms in total. The lowest BCUT2D eigenvalue weighted by molar-refractivity contribution is -0.120. The molecular weight excluding hydrogens is 430 g/mol. The molecule has 3 aromatic carbocycles. The van der Waals surface area contributed by atoms with Crippen molar-refractivity contribution < 1.29 is 19.1 Å². The van der Waals surface area contributed by atoms with Crippen LogP contribution in [0, 0.1) is 0 Å². The van der Waals surface area contributed by atoms with Crippen molar-refractivity contribution in [1.29, 1.82) is 0 Å². The lowest BCUT2D eigenvalue weighted by atomic mass is 10.0. The first-order valence-corrected chi connectivity index (χ1v) is 11.1. The summed E-state index contributed by atoms with van der Waals surface area (Å²) < 4.78 is 5.17. The normalized spacial score (nSPS) is 11.2. The van der Waals surface area contributed by atoms with E-state index in [-0.39, 0.29) is 24.1 Å². The van der Waals surface area contributed by atoms with Gasteiger partial charge < -0.3 is 20.7 Å². The predicted molar refractivity (Wildman–Crippen MR) is 132 cm³/mol. The van der Waals surface area contributed by atoms with Crippen molar-refractivity contribution in [3.05, 3.63) is 95.6 Å². The van der Waals surface area contributed by atoms with Crippen LogP contribution in [0.3, 0.4) is 0 Å². The van der Waals surface area contributed by atoms with Crippen LogP contribution in [0.25, 0.3) is 0 Å². The van der Waals surface area contributed by atoms with Crippen LogP contribution in [-0.2, 0) is 16.0 Å². The van der Waals surface area contributed by atoms with Crippen molar-refractivity contribution in [1.82, 2.24) is 10.6 Å². The number of rotatable bonds is 10. The summed E-state index contributed by atoms with van der Waals surface area (Å²) in [7, 11) is 1.57. The SMILES string of the molecule is COc1ccc(C(CC(=O)Nc2ccccc2C(=O)NCCc2ccccc2)NC(C)=O)cc1. The third kappa shape index (κ3) is 7.20. The molecule has 0 heterocycles. The number of hydrogen-bond acceptors (Lipinski definition) is 4. The van der Waals surface area contributed by atoms with Gasteiger partial charge in [-0.3, -0.25) is 14.4 Å². The van der Waals surface area contributed by atoms with Gasteiger partial charge in [0, 0.05) is 13.5 Å². The number of benzene rings is 3. The van der Waals surface area contributed by atoms with E-state index in [1.54, 1.807) is 55.6 Å². The van der Waals surface area contributed by atoms with Crippen molar-refractivity contribution in [3.8, 4) is 5.75 Å². The molecule has 0 aliphatic rings. The number of ether oxygens (including phenoxy) is 1. The molecule has 1 unspecified atom stereocenters. The van der Waals surface area contributed by atoms with Gasteiger partial charge in [-0.1, -0.05) is 54.6 Å². The molecule has 3 N–H and O–H groups in total. The summed E-state index contributed by atoms with van der Waals surface area (Å²) in [6.07, 6.45) is 0.719. The number of hydrogen-bond donors (Lipinski definition) is 3. The Morgan fingerprint density at radius 1 is 0.882 bits per heavy atom. The van der Waals surface area contributed by atoms with Crippen LogP contribution < -0.4 is 20.7 Å². The summed E-state index contributed by atoms with van der Waals surface area (Å²) in [4.78, 5) is 37.3. The molecule has 3 amide bonds. The Balaban J connectivity index is 1.64. The number of methoxy groups -OCH3 is 1. The Bertz CT molecular complexity index is 1110. The van der Waals surface area contributed by atoms with Crippen molar-refractivity contribution in [2.75, 3.05) is 19.0 Å². The number of nitrogens with one attached hydrogen (secondary N) is 3. The monoisotopic (exact) mass is 459 g/mol. The van der Waals surface area contributed by atoms with Gasteiger partial charge in [-0.25, -0.2) is 0 Å². The molecule has 0 aliphatic heterocycles. The maximum absolute atomic E-state index is 12.9. The van der Waals surface area contributed by atoms with Gasteiger partial charge in [0.2, 0.25) is 11.8 Å². The first kappa shape index (κ1) is 24.5. The third-order valence-electron chi connectivity index (χ3n) is 5.27. The maximum Gasteiger partial charge on any atom is 0.253 e. The van der Waals surface area contributed by atoms with Crippen LogP contribution >= 0.6 is 0 Å². The zero-order chi connectivity index (χ0) is 24.3. The summed E-state index contributed by atoms with van der Waals surface area (Å²) in [5.41, 5.74) is 2.70. The Morgan fingerprint density at radius 3 is 2.24 bits per heavy atom. The molecule has 0 aliphatic carbocycles. The minimum Gasteiger partial charge on any atom is -0.497 e. The van der Waals surface area contributed by atoms with E-state index in [1.165, 1.54) is 6.92 Å². The van der Waals surface area contributed by atoms with E-state index in [0.29, 0.717) is 30.0 Å². The topological polar surface area (TPSA) is 96.5 Å². The minimum absolute atomic E-state index is 0.00979. The second-order valence-electron chi connectivity index (χ2n) is 7.82. The first-order valence-electron chi connectivity index (χ1n) is 11.1. The highest BCUT2D eigenvalue weighted by molar-refractivity contribution is 6.03.